The van der Waals surface area contributed by atoms with E-state index in [0.29, 0.717) is 38.2 Å². The Kier molecular flexibility index (Phi) is 9.81. The van der Waals surface area contributed by atoms with E-state index >= 15 is 0 Å². The number of carbonyl (C=O) groups excluding carboxylic acids is 1. The first-order chi connectivity index (χ1) is 22.1. The molecule has 9 nitrogen and oxygen atoms in total. The van der Waals surface area contributed by atoms with Gasteiger partial charge in [0.1, 0.15) is 11.6 Å². The van der Waals surface area contributed by atoms with Gasteiger partial charge in [0.2, 0.25) is 0 Å². The molecule has 1 N–H and O–H groups in total. The lowest BCUT2D eigenvalue weighted by atomic mass is 9.96. The zero-order valence-corrected chi connectivity index (χ0v) is 27.5. The van der Waals surface area contributed by atoms with Gasteiger partial charge < -0.3 is 19.5 Å². The molecule has 0 saturated heterocycles. The molecule has 0 radical (unpaired) electrons. The Hall–Kier alpha value is -5.03. The van der Waals surface area contributed by atoms with Crippen LogP contribution in [-0.4, -0.2) is 42.6 Å². The molecule has 1 amide bonds. The molecule has 0 fully saturated rings. The van der Waals surface area contributed by atoms with Gasteiger partial charge in [-0.05, 0) is 100 Å². The number of rotatable bonds is 10. The van der Waals surface area contributed by atoms with Crippen LogP contribution in [0.25, 0.3) is 22.3 Å². The molecule has 0 aliphatic carbocycles. The molecule has 0 aliphatic rings. The van der Waals surface area contributed by atoms with Crippen molar-refractivity contribution in [2.45, 2.75) is 26.7 Å². The van der Waals surface area contributed by atoms with Crippen LogP contribution in [0.5, 0.6) is 17.2 Å². The van der Waals surface area contributed by atoms with Crippen molar-refractivity contribution >= 4 is 44.6 Å². The summed E-state index contributed by atoms with van der Waals surface area (Å²) in [6, 6.07) is 20.1. The number of hydrogen-bond donors (Lipinski definition) is 1. The minimum atomic E-state index is -0.477. The van der Waals surface area contributed by atoms with Gasteiger partial charge in [-0.2, -0.15) is 9.78 Å². The molecule has 46 heavy (non-hydrogen) atoms. The van der Waals surface area contributed by atoms with E-state index in [2.05, 4.69) is 40.2 Å². The molecule has 5 rings (SSSR count). The first-order valence-corrected chi connectivity index (χ1v) is 15.2. The van der Waals surface area contributed by atoms with Gasteiger partial charge in [0, 0.05) is 11.3 Å². The molecule has 0 atom stereocenters. The molecule has 0 saturated carbocycles. The maximum absolute atomic E-state index is 13.8. The summed E-state index contributed by atoms with van der Waals surface area (Å²) >= 11 is 3.49. The summed E-state index contributed by atoms with van der Waals surface area (Å²) in [7, 11) is 3.11. The highest BCUT2D eigenvalue weighted by Crippen LogP contribution is 2.37. The summed E-state index contributed by atoms with van der Waals surface area (Å²) in [6.45, 7) is 5.74. The molecule has 0 aliphatic heterocycles. The van der Waals surface area contributed by atoms with Crippen LogP contribution in [0.4, 0.5) is 10.1 Å². The second-order valence-corrected chi connectivity index (χ2v) is 11.6. The summed E-state index contributed by atoms with van der Waals surface area (Å²) in [4.78, 5) is 31.1. The number of aryl methyl sites for hydroxylation is 1. The standard InChI is InChI=1S/C35H32BrFN4O5/c1-20(2)26-17-27(21(3)13-30(26)44-4)34-40-29-12-7-6-11-25(29)35(43)41(34)38-18-22-14-28(36)33(31(15-22)45-5)46-19-32(42)39-24-10-8-9-23(37)16-24/h6-18,20H,19H2,1-5H3,(H,39,42). The average Bonchev–Trinajstić information content (AvgIpc) is 3.03. The molecule has 0 unspecified atom stereocenters. The highest BCUT2D eigenvalue weighted by Gasteiger charge is 2.19. The van der Waals surface area contributed by atoms with Crippen LogP contribution in [0, 0.1) is 12.7 Å². The quantitative estimate of drug-likeness (QED) is 0.155. The van der Waals surface area contributed by atoms with Crippen molar-refractivity contribution in [3.05, 3.63) is 110 Å². The lowest BCUT2D eigenvalue weighted by Gasteiger charge is -2.17. The van der Waals surface area contributed by atoms with Crippen molar-refractivity contribution in [3.63, 3.8) is 0 Å². The van der Waals surface area contributed by atoms with Gasteiger partial charge in [0.15, 0.2) is 23.9 Å². The number of nitrogens with one attached hydrogen (secondary N) is 1. The van der Waals surface area contributed by atoms with Gasteiger partial charge in [0.05, 0.1) is 35.8 Å². The van der Waals surface area contributed by atoms with E-state index in [9.17, 15) is 14.0 Å². The van der Waals surface area contributed by atoms with Gasteiger partial charge >= 0.3 is 0 Å². The summed E-state index contributed by atoms with van der Waals surface area (Å²) in [5, 5.41) is 7.63. The monoisotopic (exact) mass is 686 g/mol. The van der Waals surface area contributed by atoms with E-state index in [-0.39, 0.29) is 23.8 Å². The third kappa shape index (κ3) is 6.94. The fraction of sp³-hybridized carbons (Fsp3) is 0.200. The number of anilines is 1. The van der Waals surface area contributed by atoms with Crippen molar-refractivity contribution in [2.75, 3.05) is 26.1 Å². The number of methoxy groups -OCH3 is 2. The molecule has 4 aromatic carbocycles. The summed E-state index contributed by atoms with van der Waals surface area (Å²) in [5.74, 6) is 0.985. The number of halogens is 2. The van der Waals surface area contributed by atoms with Crippen molar-refractivity contribution in [2.24, 2.45) is 5.10 Å². The number of amides is 1. The SMILES string of the molecule is COc1cc(C)c(-c2nc3ccccc3c(=O)n2N=Cc2cc(Br)c(OCC(=O)Nc3cccc(F)c3)c(OC)c2)cc1C(C)C. The molecular weight excluding hydrogens is 655 g/mol. The van der Waals surface area contributed by atoms with E-state index in [4.69, 9.17) is 19.2 Å². The molecule has 236 valence electrons. The van der Waals surface area contributed by atoms with Crippen LogP contribution in [0.2, 0.25) is 0 Å². The Bertz CT molecular complexity index is 2030. The van der Waals surface area contributed by atoms with Crippen molar-refractivity contribution in [3.8, 4) is 28.6 Å². The Morgan fingerprint density at radius 1 is 1.04 bits per heavy atom. The fourth-order valence-corrected chi connectivity index (χ4v) is 5.53. The fourth-order valence-electron chi connectivity index (χ4n) is 4.95. The van der Waals surface area contributed by atoms with Crippen LogP contribution in [0.3, 0.4) is 0 Å². The first kappa shape index (κ1) is 32.4. The first-order valence-electron chi connectivity index (χ1n) is 14.4. The molecule has 5 aromatic rings. The number of para-hydroxylation sites is 1. The number of ether oxygens (including phenoxy) is 3. The number of nitrogens with zero attached hydrogens (tertiary/aromatic N) is 3. The molecule has 1 heterocycles. The van der Waals surface area contributed by atoms with Gasteiger partial charge in [-0.1, -0.05) is 32.0 Å². The van der Waals surface area contributed by atoms with E-state index in [1.165, 1.54) is 36.2 Å². The number of hydrogen-bond acceptors (Lipinski definition) is 7. The van der Waals surface area contributed by atoms with Crippen molar-refractivity contribution in [1.29, 1.82) is 0 Å². The van der Waals surface area contributed by atoms with E-state index < -0.39 is 11.7 Å². The van der Waals surface area contributed by atoms with E-state index in [0.717, 1.165) is 22.4 Å². The Morgan fingerprint density at radius 3 is 2.52 bits per heavy atom. The number of fused-ring (bicyclic) bond motifs is 1. The Balaban J connectivity index is 1.50. The summed E-state index contributed by atoms with van der Waals surface area (Å²) in [6.07, 6.45) is 1.53. The highest BCUT2D eigenvalue weighted by molar-refractivity contribution is 9.10. The van der Waals surface area contributed by atoms with Crippen molar-refractivity contribution < 1.29 is 23.4 Å². The van der Waals surface area contributed by atoms with E-state index in [1.54, 1.807) is 43.5 Å². The summed E-state index contributed by atoms with van der Waals surface area (Å²) in [5.41, 5.74) is 3.74. The second kappa shape index (κ2) is 13.9. The zero-order chi connectivity index (χ0) is 33.0. The zero-order valence-electron chi connectivity index (χ0n) is 25.9. The highest BCUT2D eigenvalue weighted by atomic mass is 79.9. The molecule has 11 heteroatoms. The third-order valence-corrected chi connectivity index (χ3v) is 7.81. The average molecular weight is 688 g/mol. The van der Waals surface area contributed by atoms with Crippen molar-refractivity contribution in [1.82, 2.24) is 9.66 Å². The number of carbonyl (C=O) groups is 1. The maximum atomic E-state index is 13.8. The smallest absolute Gasteiger partial charge is 0.282 e. The van der Waals surface area contributed by atoms with Crippen LogP contribution < -0.4 is 25.1 Å². The molecule has 1 aromatic heterocycles. The van der Waals surface area contributed by atoms with Crippen LogP contribution in [0.15, 0.2) is 87.2 Å². The van der Waals surface area contributed by atoms with Gasteiger partial charge in [-0.25, -0.2) is 9.37 Å². The lowest BCUT2D eigenvalue weighted by Crippen LogP contribution is -2.21. The number of aromatic nitrogens is 2. The molecule has 0 spiro atoms. The van der Waals surface area contributed by atoms with E-state index in [1.807, 2.05) is 25.1 Å². The Labute approximate surface area is 273 Å². The third-order valence-electron chi connectivity index (χ3n) is 7.22. The second-order valence-electron chi connectivity index (χ2n) is 10.8. The molecule has 0 bridgehead atoms. The predicted molar refractivity (Wildman–Crippen MR) is 181 cm³/mol. The van der Waals surface area contributed by atoms with Gasteiger partial charge in [-0.3, -0.25) is 9.59 Å². The number of benzene rings is 4. The normalized spacial score (nSPS) is 11.3. The largest absolute Gasteiger partial charge is 0.496 e. The van der Waals surface area contributed by atoms with Crippen LogP contribution in [0.1, 0.15) is 36.5 Å². The Morgan fingerprint density at radius 2 is 1.80 bits per heavy atom. The van der Waals surface area contributed by atoms with Crippen LogP contribution in [-0.2, 0) is 4.79 Å². The van der Waals surface area contributed by atoms with Crippen LogP contribution >= 0.6 is 15.9 Å². The predicted octanol–water partition coefficient (Wildman–Crippen LogP) is 7.31. The minimum Gasteiger partial charge on any atom is -0.496 e. The van der Waals surface area contributed by atoms with Gasteiger partial charge in [-0.15, -0.1) is 0 Å². The minimum absolute atomic E-state index is 0.163. The lowest BCUT2D eigenvalue weighted by molar-refractivity contribution is -0.118. The van der Waals surface area contributed by atoms with Gasteiger partial charge in [0.25, 0.3) is 11.5 Å². The maximum Gasteiger partial charge on any atom is 0.282 e. The molecular formula is C35H32BrFN4O5. The summed E-state index contributed by atoms with van der Waals surface area (Å²) < 4.78 is 32.2. The topological polar surface area (TPSA) is 104 Å².